The molecule has 8 nitrogen and oxygen atoms in total. The lowest BCUT2D eigenvalue weighted by molar-refractivity contribution is 0.266. The molecule has 0 saturated heterocycles. The zero-order valence-corrected chi connectivity index (χ0v) is 38.7. The quantitative estimate of drug-likeness (QED) is 0.120. The van der Waals surface area contributed by atoms with Crippen molar-refractivity contribution in [3.63, 3.8) is 0 Å². The van der Waals surface area contributed by atoms with Gasteiger partial charge in [0.2, 0.25) is 0 Å². The van der Waals surface area contributed by atoms with Crippen LogP contribution in [0.25, 0.3) is 82.5 Å². The smallest absolute Gasteiger partial charge is 0.144 e. The van der Waals surface area contributed by atoms with Crippen molar-refractivity contribution >= 4 is 65.4 Å². The van der Waals surface area contributed by atoms with Gasteiger partial charge in [0, 0.05) is 56.5 Å². The van der Waals surface area contributed by atoms with Gasteiger partial charge in [0.25, 0.3) is 0 Å². The van der Waals surface area contributed by atoms with Gasteiger partial charge in [0.15, 0.2) is 0 Å². The molecule has 12 rings (SSSR count). The summed E-state index contributed by atoms with van der Waals surface area (Å²) in [4.78, 5) is 4.53. The van der Waals surface area contributed by atoms with E-state index in [0.29, 0.717) is 30.3 Å². The van der Waals surface area contributed by atoms with Crippen molar-refractivity contribution in [1.82, 2.24) is 23.5 Å². The Balaban J connectivity index is 0.000000215. The van der Waals surface area contributed by atoms with Crippen LogP contribution < -0.4 is 0 Å². The number of aromatic hydroxyl groups is 3. The van der Waals surface area contributed by atoms with E-state index in [1.165, 1.54) is 32.3 Å². The highest BCUT2D eigenvalue weighted by Crippen LogP contribution is 2.39. The summed E-state index contributed by atoms with van der Waals surface area (Å²) in [7, 11) is 4.21. The highest BCUT2D eigenvalue weighted by Gasteiger charge is 2.19. The number of hydrogen-bond acceptors (Lipinski definition) is 5. The maximum Gasteiger partial charge on any atom is 0.144 e. The van der Waals surface area contributed by atoms with Gasteiger partial charge in [0.05, 0.1) is 50.2 Å². The Labute approximate surface area is 401 Å². The van der Waals surface area contributed by atoms with Gasteiger partial charge in [-0.25, -0.2) is 0 Å². The van der Waals surface area contributed by atoms with Gasteiger partial charge in [-0.2, -0.15) is 0 Å². The van der Waals surface area contributed by atoms with Gasteiger partial charge in [0.1, 0.15) is 17.2 Å². The first kappa shape index (κ1) is 43.3. The van der Waals surface area contributed by atoms with E-state index in [2.05, 4.69) is 135 Å². The molecule has 0 aliphatic carbocycles. The summed E-state index contributed by atoms with van der Waals surface area (Å²) in [5.74, 6) is 0.923. The fraction of sp³-hybridized carbons (Fsp3) is 0.115. The number of fused-ring (bicyclic) bond motifs is 9. The predicted molar refractivity (Wildman–Crippen MR) is 285 cm³/mol. The van der Waals surface area contributed by atoms with Crippen molar-refractivity contribution in [2.45, 2.75) is 19.5 Å². The third-order valence-corrected chi connectivity index (χ3v) is 13.5. The average molecular weight is 904 g/mol. The summed E-state index contributed by atoms with van der Waals surface area (Å²) in [5.41, 5.74) is 10.8. The standard InChI is InChI=1S/C43H40N4O2.C18H13NO/c1-44(28-30-14-11-24-40(42(30)48)46-36-20-7-3-16-32(36)33-17-4-8-21-37(33)46)26-13-27-45(2)29-31-15-12-25-41(43(31)49)47-38-22-9-5-18-34(38)35-19-6-10-23-39(35)47;20-18-12-6-5-11-17(18)19-15-9-3-1-7-13(15)14-8-2-4-10-16(14)19/h3-12,14-25,48-49H,13,26-29H2,1-2H3;1-12,20H. The van der Waals surface area contributed by atoms with Gasteiger partial charge in [-0.15, -0.1) is 0 Å². The van der Waals surface area contributed by atoms with Crippen molar-refractivity contribution in [3.8, 4) is 34.3 Å². The van der Waals surface area contributed by atoms with Crippen LogP contribution >= 0.6 is 0 Å². The Morgan fingerprint density at radius 2 is 0.594 bits per heavy atom. The van der Waals surface area contributed by atoms with Crippen molar-refractivity contribution < 1.29 is 15.3 Å². The van der Waals surface area contributed by atoms with E-state index in [9.17, 15) is 15.3 Å². The minimum Gasteiger partial charge on any atom is -0.506 e. The van der Waals surface area contributed by atoms with Gasteiger partial charge in [-0.1, -0.05) is 146 Å². The van der Waals surface area contributed by atoms with E-state index in [1.54, 1.807) is 6.07 Å². The molecule has 0 fully saturated rings. The Morgan fingerprint density at radius 3 is 0.928 bits per heavy atom. The molecule has 0 atom stereocenters. The normalized spacial score (nSPS) is 11.8. The van der Waals surface area contributed by atoms with Gasteiger partial charge in [-0.05, 0) is 94.3 Å². The molecule has 9 aromatic carbocycles. The first-order valence-electron chi connectivity index (χ1n) is 23.6. The molecule has 340 valence electrons. The van der Waals surface area contributed by atoms with Crippen LogP contribution in [0.1, 0.15) is 17.5 Å². The monoisotopic (exact) mass is 903 g/mol. The van der Waals surface area contributed by atoms with Crippen molar-refractivity contribution in [1.29, 1.82) is 0 Å². The molecule has 0 bridgehead atoms. The summed E-state index contributed by atoms with van der Waals surface area (Å²) < 4.78 is 6.45. The lowest BCUT2D eigenvalue weighted by Gasteiger charge is -2.22. The minimum atomic E-state index is 0.291. The number of rotatable bonds is 11. The first-order valence-corrected chi connectivity index (χ1v) is 23.6. The van der Waals surface area contributed by atoms with E-state index < -0.39 is 0 Å². The molecule has 69 heavy (non-hydrogen) atoms. The number of benzene rings is 9. The summed E-state index contributed by atoms with van der Waals surface area (Å²) in [5, 5.41) is 40.4. The number of phenolic OH excluding ortho intramolecular Hbond substituents is 3. The second-order valence-electron chi connectivity index (χ2n) is 18.0. The average Bonchev–Trinajstić information content (AvgIpc) is 4.02. The van der Waals surface area contributed by atoms with Crippen LogP contribution in [-0.4, -0.2) is 66.0 Å². The molecule has 8 heteroatoms. The highest BCUT2D eigenvalue weighted by molar-refractivity contribution is 6.11. The third kappa shape index (κ3) is 7.89. The summed E-state index contributed by atoms with van der Waals surface area (Å²) in [6, 6.07) is 69.6. The molecule has 3 heterocycles. The fourth-order valence-corrected chi connectivity index (χ4v) is 10.3. The molecule has 0 spiro atoms. The molecule has 3 N–H and O–H groups in total. The molecule has 12 aromatic rings. The van der Waals surface area contributed by atoms with Crippen molar-refractivity contribution in [2.24, 2.45) is 0 Å². The topological polar surface area (TPSA) is 82.0 Å². The Hall–Kier alpha value is -8.30. The van der Waals surface area contributed by atoms with Crippen LogP contribution in [0.2, 0.25) is 0 Å². The van der Waals surface area contributed by atoms with Crippen molar-refractivity contribution in [3.05, 3.63) is 217 Å². The van der Waals surface area contributed by atoms with Gasteiger partial charge >= 0.3 is 0 Å². The van der Waals surface area contributed by atoms with Crippen LogP contribution in [0.3, 0.4) is 0 Å². The van der Waals surface area contributed by atoms with Crippen LogP contribution in [0, 0.1) is 0 Å². The molecule has 0 unspecified atom stereocenters. The SMILES string of the molecule is CN(CCCN(C)Cc1cccc(-n2c3ccccc3c3ccccc32)c1O)Cc1cccc(-n2c3ccccc3c3ccccc32)c1O.Oc1ccccc1-n1c2ccccc2c2ccccc21. The summed E-state index contributed by atoms with van der Waals surface area (Å²) in [6.45, 7) is 3.03. The highest BCUT2D eigenvalue weighted by atomic mass is 16.3. The van der Waals surface area contributed by atoms with E-state index in [-0.39, 0.29) is 0 Å². The molecule has 0 radical (unpaired) electrons. The first-order chi connectivity index (χ1) is 33.9. The largest absolute Gasteiger partial charge is 0.506 e. The second kappa shape index (κ2) is 18.4. The zero-order valence-electron chi connectivity index (χ0n) is 38.7. The molecule has 3 aromatic heterocycles. The maximum atomic E-state index is 11.6. The zero-order chi connectivity index (χ0) is 47.0. The van der Waals surface area contributed by atoms with Crippen molar-refractivity contribution in [2.75, 3.05) is 27.2 Å². The van der Waals surface area contributed by atoms with Gasteiger partial charge < -0.3 is 38.8 Å². The molecule has 0 aliphatic rings. The summed E-state index contributed by atoms with van der Waals surface area (Å²) in [6.07, 6.45) is 0.952. The van der Waals surface area contributed by atoms with Crippen LogP contribution in [0.15, 0.2) is 206 Å². The van der Waals surface area contributed by atoms with Crippen LogP contribution in [-0.2, 0) is 13.1 Å². The van der Waals surface area contributed by atoms with Crippen LogP contribution in [0.4, 0.5) is 0 Å². The number of para-hydroxylation sites is 10. The molecule has 0 amide bonds. The number of aromatic nitrogens is 3. The molecule has 0 saturated carbocycles. The van der Waals surface area contributed by atoms with E-state index in [0.717, 1.165) is 80.8 Å². The Morgan fingerprint density at radius 1 is 0.319 bits per heavy atom. The predicted octanol–water partition coefficient (Wildman–Crippen LogP) is 13.7. The molecule has 0 aliphatic heterocycles. The number of nitrogens with zero attached hydrogens (tertiary/aromatic N) is 5. The number of hydrogen-bond donors (Lipinski definition) is 3. The molecular weight excluding hydrogens is 851 g/mol. The fourth-order valence-electron chi connectivity index (χ4n) is 10.3. The minimum absolute atomic E-state index is 0.291. The summed E-state index contributed by atoms with van der Waals surface area (Å²) >= 11 is 0. The lowest BCUT2D eigenvalue weighted by atomic mass is 10.1. The van der Waals surface area contributed by atoms with Crippen LogP contribution in [0.5, 0.6) is 17.2 Å². The maximum absolute atomic E-state index is 11.6. The molecular formula is C61H53N5O3. The van der Waals surface area contributed by atoms with E-state index in [1.807, 2.05) is 103 Å². The van der Waals surface area contributed by atoms with E-state index in [4.69, 9.17) is 0 Å². The van der Waals surface area contributed by atoms with E-state index >= 15 is 0 Å². The second-order valence-corrected chi connectivity index (χ2v) is 18.0. The Bertz CT molecular complexity index is 3490. The third-order valence-electron chi connectivity index (χ3n) is 13.5. The Kier molecular flexibility index (Phi) is 11.5. The lowest BCUT2D eigenvalue weighted by Crippen LogP contribution is -2.25. The number of phenols is 3. The van der Waals surface area contributed by atoms with Gasteiger partial charge in [-0.3, -0.25) is 0 Å².